The zero-order valence-electron chi connectivity index (χ0n) is 10.0. The van der Waals surface area contributed by atoms with E-state index in [2.05, 4.69) is 33.2 Å². The SMILES string of the molecule is O=C(NC(=O)C1COCCO1)Nc1ccc(I)cc1. The Morgan fingerprint density at radius 1 is 1.21 bits per heavy atom. The number of urea groups is 1. The third kappa shape index (κ3) is 4.44. The van der Waals surface area contributed by atoms with Crippen molar-refractivity contribution in [2.75, 3.05) is 25.1 Å². The first-order valence-corrected chi connectivity index (χ1v) is 6.80. The highest BCUT2D eigenvalue weighted by Crippen LogP contribution is 2.10. The molecule has 0 bridgehead atoms. The van der Waals surface area contributed by atoms with E-state index in [0.29, 0.717) is 18.9 Å². The Bertz CT molecular complexity index is 457. The molecule has 19 heavy (non-hydrogen) atoms. The predicted molar refractivity (Wildman–Crippen MR) is 76.9 cm³/mol. The van der Waals surface area contributed by atoms with E-state index in [0.717, 1.165) is 3.57 Å². The first-order valence-electron chi connectivity index (χ1n) is 5.72. The monoisotopic (exact) mass is 376 g/mol. The lowest BCUT2D eigenvalue weighted by molar-refractivity contribution is -0.146. The lowest BCUT2D eigenvalue weighted by Crippen LogP contribution is -2.46. The van der Waals surface area contributed by atoms with Gasteiger partial charge >= 0.3 is 6.03 Å². The third-order valence-electron chi connectivity index (χ3n) is 2.45. The lowest BCUT2D eigenvalue weighted by Gasteiger charge is -2.21. The molecule has 2 rings (SSSR count). The number of imide groups is 1. The van der Waals surface area contributed by atoms with E-state index in [-0.39, 0.29) is 6.61 Å². The van der Waals surface area contributed by atoms with Crippen molar-refractivity contribution in [3.8, 4) is 0 Å². The number of anilines is 1. The quantitative estimate of drug-likeness (QED) is 0.765. The highest BCUT2D eigenvalue weighted by atomic mass is 127. The number of benzene rings is 1. The molecule has 1 aliphatic heterocycles. The molecule has 3 amide bonds. The molecule has 7 heteroatoms. The van der Waals surface area contributed by atoms with E-state index in [4.69, 9.17) is 9.47 Å². The van der Waals surface area contributed by atoms with Crippen LogP contribution in [0.5, 0.6) is 0 Å². The van der Waals surface area contributed by atoms with Gasteiger partial charge < -0.3 is 14.8 Å². The fourth-order valence-corrected chi connectivity index (χ4v) is 1.89. The number of carbonyl (C=O) groups is 2. The summed E-state index contributed by atoms with van der Waals surface area (Å²) in [7, 11) is 0. The van der Waals surface area contributed by atoms with Gasteiger partial charge in [-0.3, -0.25) is 10.1 Å². The number of halogens is 1. The van der Waals surface area contributed by atoms with Crippen LogP contribution in [0.15, 0.2) is 24.3 Å². The van der Waals surface area contributed by atoms with Crippen molar-refractivity contribution in [1.82, 2.24) is 5.32 Å². The summed E-state index contributed by atoms with van der Waals surface area (Å²) in [5.74, 6) is -0.497. The molecule has 6 nitrogen and oxygen atoms in total. The molecule has 0 aromatic heterocycles. The molecule has 0 spiro atoms. The maximum atomic E-state index is 11.7. The highest BCUT2D eigenvalue weighted by Gasteiger charge is 2.24. The van der Waals surface area contributed by atoms with Gasteiger partial charge in [0.25, 0.3) is 5.91 Å². The summed E-state index contributed by atoms with van der Waals surface area (Å²) in [5, 5.41) is 4.79. The summed E-state index contributed by atoms with van der Waals surface area (Å²) in [6.45, 7) is 0.998. The molecule has 102 valence electrons. The molecule has 0 aliphatic carbocycles. The average molecular weight is 376 g/mol. The Morgan fingerprint density at radius 3 is 2.58 bits per heavy atom. The number of nitrogens with one attached hydrogen (secondary N) is 2. The second kappa shape index (κ2) is 6.83. The molecule has 2 N–H and O–H groups in total. The van der Waals surface area contributed by atoms with Crippen LogP contribution in [-0.4, -0.2) is 37.9 Å². The molecular weight excluding hydrogens is 363 g/mol. The average Bonchev–Trinajstić information content (AvgIpc) is 2.42. The summed E-state index contributed by atoms with van der Waals surface area (Å²) in [6.07, 6.45) is -0.726. The Labute approximate surface area is 124 Å². The van der Waals surface area contributed by atoms with Crippen LogP contribution < -0.4 is 10.6 Å². The highest BCUT2D eigenvalue weighted by molar-refractivity contribution is 14.1. The van der Waals surface area contributed by atoms with Crippen molar-refractivity contribution in [3.05, 3.63) is 27.8 Å². The van der Waals surface area contributed by atoms with Gasteiger partial charge in [-0.25, -0.2) is 4.79 Å². The van der Waals surface area contributed by atoms with E-state index in [1.165, 1.54) is 0 Å². The van der Waals surface area contributed by atoms with E-state index < -0.39 is 18.0 Å². The smallest absolute Gasteiger partial charge is 0.325 e. The number of amides is 3. The molecule has 1 aromatic carbocycles. The van der Waals surface area contributed by atoms with E-state index in [1.54, 1.807) is 12.1 Å². The van der Waals surface area contributed by atoms with Crippen LogP contribution >= 0.6 is 22.6 Å². The van der Waals surface area contributed by atoms with Crippen LogP contribution in [0.1, 0.15) is 0 Å². The van der Waals surface area contributed by atoms with Gasteiger partial charge in [0.15, 0.2) is 6.10 Å². The Morgan fingerprint density at radius 2 is 1.95 bits per heavy atom. The summed E-state index contributed by atoms with van der Waals surface area (Å²) >= 11 is 2.17. The van der Waals surface area contributed by atoms with Crippen LogP contribution in [0.4, 0.5) is 10.5 Å². The van der Waals surface area contributed by atoms with Crippen molar-refractivity contribution in [3.63, 3.8) is 0 Å². The maximum Gasteiger partial charge on any atom is 0.325 e. The second-order valence-corrected chi connectivity index (χ2v) is 5.13. The molecule has 1 heterocycles. The van der Waals surface area contributed by atoms with Crippen molar-refractivity contribution < 1.29 is 19.1 Å². The molecule has 1 aromatic rings. The number of rotatable bonds is 2. The minimum Gasteiger partial charge on any atom is -0.376 e. The first kappa shape index (κ1) is 14.2. The van der Waals surface area contributed by atoms with E-state index in [1.807, 2.05) is 12.1 Å². The topological polar surface area (TPSA) is 76.7 Å². The van der Waals surface area contributed by atoms with E-state index in [9.17, 15) is 9.59 Å². The van der Waals surface area contributed by atoms with Gasteiger partial charge in [-0.05, 0) is 46.9 Å². The standard InChI is InChI=1S/C12H13IN2O4/c13-8-1-3-9(4-2-8)14-12(17)15-11(16)10-7-18-5-6-19-10/h1-4,10H,5-7H2,(H2,14,15,16,17). The molecule has 1 aliphatic rings. The zero-order chi connectivity index (χ0) is 13.7. The normalized spacial score (nSPS) is 18.7. The van der Waals surface area contributed by atoms with Crippen LogP contribution in [0, 0.1) is 3.57 Å². The van der Waals surface area contributed by atoms with Crippen LogP contribution in [0.2, 0.25) is 0 Å². The Hall–Kier alpha value is -1.19. The predicted octanol–water partition coefficient (Wildman–Crippen LogP) is 1.35. The summed E-state index contributed by atoms with van der Waals surface area (Å²) < 4.78 is 11.3. The third-order valence-corrected chi connectivity index (χ3v) is 3.17. The molecule has 0 saturated carbocycles. The summed E-state index contributed by atoms with van der Waals surface area (Å²) in [4.78, 5) is 23.3. The fraction of sp³-hybridized carbons (Fsp3) is 0.333. The van der Waals surface area contributed by atoms with Crippen LogP contribution in [0.25, 0.3) is 0 Å². The Kier molecular flexibility index (Phi) is 5.11. The number of ether oxygens (including phenoxy) is 2. The van der Waals surface area contributed by atoms with Gasteiger partial charge in [0.1, 0.15) is 0 Å². The lowest BCUT2D eigenvalue weighted by atomic mass is 10.3. The van der Waals surface area contributed by atoms with Gasteiger partial charge in [0.05, 0.1) is 19.8 Å². The molecular formula is C12H13IN2O4. The first-order chi connectivity index (χ1) is 9.15. The molecule has 1 fully saturated rings. The van der Waals surface area contributed by atoms with Gasteiger partial charge in [-0.15, -0.1) is 0 Å². The zero-order valence-corrected chi connectivity index (χ0v) is 12.2. The van der Waals surface area contributed by atoms with E-state index >= 15 is 0 Å². The number of hydrogen-bond acceptors (Lipinski definition) is 4. The number of carbonyl (C=O) groups excluding carboxylic acids is 2. The Balaban J connectivity index is 1.83. The molecule has 1 unspecified atom stereocenters. The second-order valence-electron chi connectivity index (χ2n) is 3.88. The van der Waals surface area contributed by atoms with Crippen LogP contribution in [-0.2, 0) is 14.3 Å². The molecule has 1 atom stereocenters. The largest absolute Gasteiger partial charge is 0.376 e. The van der Waals surface area contributed by atoms with Gasteiger partial charge in [0.2, 0.25) is 0 Å². The number of hydrogen-bond donors (Lipinski definition) is 2. The minimum absolute atomic E-state index is 0.169. The van der Waals surface area contributed by atoms with Crippen molar-refractivity contribution in [2.24, 2.45) is 0 Å². The van der Waals surface area contributed by atoms with Gasteiger partial charge in [-0.1, -0.05) is 0 Å². The summed E-state index contributed by atoms with van der Waals surface area (Å²) in [6, 6.07) is 6.64. The van der Waals surface area contributed by atoms with Gasteiger partial charge in [-0.2, -0.15) is 0 Å². The molecule has 0 radical (unpaired) electrons. The van der Waals surface area contributed by atoms with Crippen molar-refractivity contribution in [1.29, 1.82) is 0 Å². The van der Waals surface area contributed by atoms with Crippen molar-refractivity contribution >= 4 is 40.2 Å². The van der Waals surface area contributed by atoms with Crippen molar-refractivity contribution in [2.45, 2.75) is 6.10 Å². The minimum atomic E-state index is -0.726. The maximum absolute atomic E-state index is 11.7. The molecule has 1 saturated heterocycles. The van der Waals surface area contributed by atoms with Gasteiger partial charge in [0, 0.05) is 9.26 Å². The summed E-state index contributed by atoms with van der Waals surface area (Å²) in [5.41, 5.74) is 0.617. The van der Waals surface area contributed by atoms with Crippen LogP contribution in [0.3, 0.4) is 0 Å². The fourth-order valence-electron chi connectivity index (χ4n) is 1.53.